The van der Waals surface area contributed by atoms with E-state index >= 15 is 0 Å². The zero-order chi connectivity index (χ0) is 29.8. The summed E-state index contributed by atoms with van der Waals surface area (Å²) in [7, 11) is -5.00. The monoisotopic (exact) mass is 604 g/mol. The van der Waals surface area contributed by atoms with Crippen LogP contribution in [0.4, 0.5) is 74.6 Å². The first kappa shape index (κ1) is 32.5. The van der Waals surface area contributed by atoms with Crippen LogP contribution in [0.15, 0.2) is 40.8 Å². The number of allylic oxidation sites excluding steroid dienone is 1. The SMILES string of the molecule is O=S(=O)(O)c1ccc(OC(F)(F)C(F)=C(F)C(F)(F)C(F)(F)C(F)(F)C(F)(F)C(F)(F)C(F)(F)F)cc1. The van der Waals surface area contributed by atoms with E-state index in [1.165, 1.54) is 0 Å². The molecule has 0 atom stereocenters. The molecule has 0 aliphatic rings. The molecule has 0 spiro atoms. The van der Waals surface area contributed by atoms with E-state index in [0.717, 1.165) is 0 Å². The highest BCUT2D eigenvalue weighted by Crippen LogP contribution is 2.61. The number of halogens is 17. The van der Waals surface area contributed by atoms with Gasteiger partial charge in [0.15, 0.2) is 0 Å². The maximum atomic E-state index is 13.6. The van der Waals surface area contributed by atoms with Gasteiger partial charge in [-0.2, -0.15) is 78.7 Å². The summed E-state index contributed by atoms with van der Waals surface area (Å²) in [5.74, 6) is -52.8. The van der Waals surface area contributed by atoms with Gasteiger partial charge in [0.1, 0.15) is 5.75 Å². The normalized spacial score (nSPS) is 15.9. The summed E-state index contributed by atoms with van der Waals surface area (Å²) in [6.07, 6.45) is -14.0. The Morgan fingerprint density at radius 3 is 1.35 bits per heavy atom. The summed E-state index contributed by atoms with van der Waals surface area (Å²) >= 11 is 0. The molecule has 0 unspecified atom stereocenters. The Balaban J connectivity index is 3.55. The maximum Gasteiger partial charge on any atom is 0.460 e. The van der Waals surface area contributed by atoms with E-state index in [-0.39, 0.29) is 24.3 Å². The average Bonchev–Trinajstić information content (AvgIpc) is 2.70. The average molecular weight is 604 g/mol. The smallest absolute Gasteiger partial charge is 0.427 e. The van der Waals surface area contributed by atoms with Crippen molar-refractivity contribution in [2.75, 3.05) is 0 Å². The summed E-state index contributed by atoms with van der Waals surface area (Å²) in [6.45, 7) is 0. The van der Waals surface area contributed by atoms with Crippen LogP contribution in [0, 0.1) is 0 Å². The van der Waals surface area contributed by atoms with Gasteiger partial charge in [-0.15, -0.1) is 0 Å². The molecule has 0 aromatic heterocycles. The zero-order valence-electron chi connectivity index (χ0n) is 16.3. The molecule has 0 aliphatic heterocycles. The largest absolute Gasteiger partial charge is 0.460 e. The molecule has 0 aliphatic carbocycles. The van der Waals surface area contributed by atoms with E-state index in [9.17, 15) is 83.1 Å². The summed E-state index contributed by atoms with van der Waals surface area (Å²) < 4.78 is 256. The number of hydrogen-bond donors (Lipinski definition) is 1. The van der Waals surface area contributed by atoms with Crippen molar-refractivity contribution in [3.63, 3.8) is 0 Å². The highest BCUT2D eigenvalue weighted by Gasteiger charge is 2.91. The lowest BCUT2D eigenvalue weighted by Crippen LogP contribution is -2.70. The lowest BCUT2D eigenvalue weighted by molar-refractivity contribution is -0.437. The maximum absolute atomic E-state index is 13.6. The van der Waals surface area contributed by atoms with Crippen LogP contribution >= 0.6 is 0 Å². The highest BCUT2D eigenvalue weighted by atomic mass is 32.2. The first-order chi connectivity index (χ1) is 16.0. The standard InChI is InChI=1S/C15H5F17O4S/c16-7(8(17)10(20,21)36-5-1-3-6(4-2-5)37(33,34)35)9(18,19)11(22,23)12(24,25)13(26,27)14(28,29)15(30,31)32/h1-4H,(H,33,34,35). The van der Waals surface area contributed by atoms with Crippen molar-refractivity contribution in [1.29, 1.82) is 0 Å². The fourth-order valence-electron chi connectivity index (χ4n) is 2.05. The summed E-state index contributed by atoms with van der Waals surface area (Å²) in [6, 6.07) is 0.543. The molecule has 0 bridgehead atoms. The van der Waals surface area contributed by atoms with Gasteiger partial charge in [-0.3, -0.25) is 4.55 Å². The number of alkyl halides is 15. The molecule has 1 aromatic rings. The van der Waals surface area contributed by atoms with Crippen LogP contribution < -0.4 is 4.74 Å². The molecule has 4 nitrogen and oxygen atoms in total. The topological polar surface area (TPSA) is 63.6 Å². The summed E-state index contributed by atoms with van der Waals surface area (Å²) in [5.41, 5.74) is 0. The molecule has 0 radical (unpaired) electrons. The zero-order valence-corrected chi connectivity index (χ0v) is 17.1. The molecule has 0 heterocycles. The van der Waals surface area contributed by atoms with Gasteiger partial charge in [0.2, 0.25) is 11.7 Å². The minimum atomic E-state index is -8.58. The molecule has 1 rings (SSSR count). The third-order valence-corrected chi connectivity index (χ3v) is 4.89. The number of hydrogen-bond acceptors (Lipinski definition) is 3. The number of ether oxygens (including phenoxy) is 1. The van der Waals surface area contributed by atoms with Crippen LogP contribution in [-0.4, -0.2) is 54.9 Å². The molecular weight excluding hydrogens is 599 g/mol. The molecule has 214 valence electrons. The van der Waals surface area contributed by atoms with E-state index < -0.39 is 74.3 Å². The Hall–Kier alpha value is -2.52. The lowest BCUT2D eigenvalue weighted by Gasteiger charge is -2.39. The van der Waals surface area contributed by atoms with Gasteiger partial charge < -0.3 is 4.74 Å². The third kappa shape index (κ3) is 5.25. The predicted octanol–water partition coefficient (Wildman–Crippen LogP) is 6.79. The molecule has 0 saturated heterocycles. The van der Waals surface area contributed by atoms with Crippen molar-refractivity contribution in [3.05, 3.63) is 35.9 Å². The van der Waals surface area contributed by atoms with Crippen LogP contribution in [0.25, 0.3) is 0 Å². The van der Waals surface area contributed by atoms with E-state index in [0.29, 0.717) is 0 Å². The lowest BCUT2D eigenvalue weighted by atomic mass is 9.93. The van der Waals surface area contributed by atoms with Crippen molar-refractivity contribution < 1.29 is 92.3 Å². The Morgan fingerprint density at radius 2 is 1.00 bits per heavy atom. The van der Waals surface area contributed by atoms with Crippen molar-refractivity contribution in [2.45, 2.75) is 46.8 Å². The van der Waals surface area contributed by atoms with Crippen LogP contribution in [-0.2, 0) is 10.1 Å². The van der Waals surface area contributed by atoms with Crippen LogP contribution in [0.5, 0.6) is 5.75 Å². The fraction of sp³-hybridized carbons (Fsp3) is 0.467. The van der Waals surface area contributed by atoms with E-state index in [1.54, 1.807) is 0 Å². The highest BCUT2D eigenvalue weighted by molar-refractivity contribution is 7.85. The first-order valence-electron chi connectivity index (χ1n) is 8.16. The van der Waals surface area contributed by atoms with Crippen LogP contribution in [0.2, 0.25) is 0 Å². The van der Waals surface area contributed by atoms with E-state index in [2.05, 4.69) is 4.74 Å². The second kappa shape index (κ2) is 9.05. The number of benzene rings is 1. The second-order valence-corrected chi connectivity index (χ2v) is 7.98. The van der Waals surface area contributed by atoms with Crippen molar-refractivity contribution in [2.24, 2.45) is 0 Å². The minimum absolute atomic E-state index is 0.0723. The molecule has 22 heteroatoms. The Bertz CT molecular complexity index is 1140. The predicted molar refractivity (Wildman–Crippen MR) is 81.9 cm³/mol. The van der Waals surface area contributed by atoms with Crippen LogP contribution in [0.3, 0.4) is 0 Å². The van der Waals surface area contributed by atoms with Gasteiger partial charge in [0.05, 0.1) is 4.90 Å². The van der Waals surface area contributed by atoms with Gasteiger partial charge in [0, 0.05) is 0 Å². The van der Waals surface area contributed by atoms with E-state index in [1.807, 2.05) is 0 Å². The first-order valence-corrected chi connectivity index (χ1v) is 9.60. The van der Waals surface area contributed by atoms with Gasteiger partial charge in [-0.25, -0.2) is 4.39 Å². The molecule has 0 saturated carbocycles. The van der Waals surface area contributed by atoms with Crippen molar-refractivity contribution in [1.82, 2.24) is 0 Å². The molecule has 1 aromatic carbocycles. The van der Waals surface area contributed by atoms with Gasteiger partial charge in [-0.05, 0) is 24.3 Å². The molecular formula is C15H5F17O4S. The van der Waals surface area contributed by atoms with E-state index in [4.69, 9.17) is 4.55 Å². The Labute approximate surface area is 192 Å². The van der Waals surface area contributed by atoms with Crippen molar-refractivity contribution in [3.8, 4) is 5.75 Å². The fourth-order valence-corrected chi connectivity index (χ4v) is 2.53. The molecule has 0 amide bonds. The Morgan fingerprint density at radius 1 is 0.622 bits per heavy atom. The molecule has 37 heavy (non-hydrogen) atoms. The molecule has 0 fully saturated rings. The van der Waals surface area contributed by atoms with Crippen LogP contribution in [0.1, 0.15) is 0 Å². The summed E-state index contributed by atoms with van der Waals surface area (Å²) in [5, 5.41) is 0. The quantitative estimate of drug-likeness (QED) is 0.249. The second-order valence-electron chi connectivity index (χ2n) is 6.56. The van der Waals surface area contributed by atoms with Gasteiger partial charge in [0.25, 0.3) is 10.1 Å². The third-order valence-electron chi connectivity index (χ3n) is 4.02. The van der Waals surface area contributed by atoms with Crippen molar-refractivity contribution >= 4 is 10.1 Å². The van der Waals surface area contributed by atoms with Gasteiger partial charge >= 0.3 is 41.9 Å². The number of rotatable bonds is 9. The Kier molecular flexibility index (Phi) is 7.95. The molecule has 1 N–H and O–H groups in total. The minimum Gasteiger partial charge on any atom is -0.427 e. The summed E-state index contributed by atoms with van der Waals surface area (Å²) in [4.78, 5) is -1.07. The van der Waals surface area contributed by atoms with Gasteiger partial charge in [-0.1, -0.05) is 0 Å².